The topological polar surface area (TPSA) is 49.4 Å². The fraction of sp³-hybridized carbons (Fsp3) is 0.417. The van der Waals surface area contributed by atoms with Gasteiger partial charge in [-0.25, -0.2) is 4.39 Å². The number of hydrogen-bond acceptors (Lipinski definition) is 3. The maximum atomic E-state index is 14.0. The van der Waals surface area contributed by atoms with Crippen LogP contribution < -0.4 is 5.32 Å². The summed E-state index contributed by atoms with van der Waals surface area (Å²) in [7, 11) is 0. The molecular weight excluding hydrogens is 470 g/mol. The van der Waals surface area contributed by atoms with E-state index < -0.39 is 11.9 Å². The van der Waals surface area contributed by atoms with E-state index in [0.29, 0.717) is 34.5 Å². The highest BCUT2D eigenvalue weighted by molar-refractivity contribution is 7.99. The number of amides is 2. The third-order valence-electron chi connectivity index (χ3n) is 4.87. The van der Waals surface area contributed by atoms with Crippen molar-refractivity contribution in [2.75, 3.05) is 12.3 Å². The van der Waals surface area contributed by atoms with Crippen molar-refractivity contribution in [1.29, 1.82) is 0 Å². The first-order valence-electron chi connectivity index (χ1n) is 10.5. The molecule has 0 heterocycles. The Bertz CT molecular complexity index is 889. The van der Waals surface area contributed by atoms with Gasteiger partial charge in [-0.05, 0) is 42.2 Å². The zero-order chi connectivity index (χ0) is 23.7. The SMILES string of the molecule is CC[C@@H](C(=O)NCC(C)C)N(Cc1ccc(Cl)cc1)C(=O)CSCc1c(F)cccc1Cl. The summed E-state index contributed by atoms with van der Waals surface area (Å²) in [5.41, 5.74) is 1.25. The minimum absolute atomic E-state index is 0.103. The summed E-state index contributed by atoms with van der Waals surface area (Å²) in [6.45, 7) is 6.74. The number of nitrogens with one attached hydrogen (secondary N) is 1. The van der Waals surface area contributed by atoms with Crippen LogP contribution in [0.3, 0.4) is 0 Å². The van der Waals surface area contributed by atoms with E-state index >= 15 is 0 Å². The fourth-order valence-electron chi connectivity index (χ4n) is 3.12. The first-order valence-corrected chi connectivity index (χ1v) is 12.5. The lowest BCUT2D eigenvalue weighted by Crippen LogP contribution is -2.50. The average molecular weight is 499 g/mol. The molecule has 2 amide bonds. The maximum Gasteiger partial charge on any atom is 0.242 e. The summed E-state index contributed by atoms with van der Waals surface area (Å²) >= 11 is 13.3. The van der Waals surface area contributed by atoms with Gasteiger partial charge in [0.1, 0.15) is 11.9 Å². The Morgan fingerprint density at radius 2 is 1.81 bits per heavy atom. The van der Waals surface area contributed by atoms with E-state index in [-0.39, 0.29) is 29.9 Å². The standard InChI is InChI=1S/C24H29Cl2FN2O2S/c1-4-22(24(31)28-12-16(2)3)29(13-17-8-10-18(25)11-9-17)23(30)15-32-14-19-20(26)6-5-7-21(19)27/h5-11,16,22H,4,12-15H2,1-3H3,(H,28,31)/t22-/m0/s1. The minimum atomic E-state index is -0.602. The van der Waals surface area contributed by atoms with E-state index in [1.54, 1.807) is 29.2 Å². The molecule has 4 nitrogen and oxygen atoms in total. The van der Waals surface area contributed by atoms with Gasteiger partial charge in [0.25, 0.3) is 0 Å². The van der Waals surface area contributed by atoms with Gasteiger partial charge < -0.3 is 10.2 Å². The summed E-state index contributed by atoms with van der Waals surface area (Å²) in [5, 5.41) is 3.87. The van der Waals surface area contributed by atoms with Crippen molar-refractivity contribution in [2.24, 2.45) is 5.92 Å². The molecular formula is C24H29Cl2FN2O2S. The first kappa shape index (κ1) is 26.5. The Balaban J connectivity index is 2.15. The third-order valence-corrected chi connectivity index (χ3v) is 6.42. The van der Waals surface area contributed by atoms with Crippen molar-refractivity contribution in [3.63, 3.8) is 0 Å². The van der Waals surface area contributed by atoms with E-state index in [4.69, 9.17) is 23.2 Å². The third kappa shape index (κ3) is 7.98. The largest absolute Gasteiger partial charge is 0.354 e. The van der Waals surface area contributed by atoms with Crippen molar-refractivity contribution in [2.45, 2.75) is 45.5 Å². The molecule has 0 fully saturated rings. The normalized spacial score (nSPS) is 12.0. The van der Waals surface area contributed by atoms with Gasteiger partial charge in [0.2, 0.25) is 11.8 Å². The number of halogens is 3. The second-order valence-electron chi connectivity index (χ2n) is 7.90. The minimum Gasteiger partial charge on any atom is -0.354 e. The zero-order valence-electron chi connectivity index (χ0n) is 18.5. The molecule has 0 saturated carbocycles. The molecule has 0 aromatic heterocycles. The van der Waals surface area contributed by atoms with Crippen LogP contribution in [0.25, 0.3) is 0 Å². The summed E-state index contributed by atoms with van der Waals surface area (Å²) in [6, 6.07) is 11.1. The van der Waals surface area contributed by atoms with Gasteiger partial charge in [-0.3, -0.25) is 9.59 Å². The smallest absolute Gasteiger partial charge is 0.242 e. The van der Waals surface area contributed by atoms with Gasteiger partial charge in [-0.2, -0.15) is 0 Å². The van der Waals surface area contributed by atoms with Crippen LogP contribution in [-0.2, 0) is 21.9 Å². The molecule has 0 radical (unpaired) electrons. The fourth-order valence-corrected chi connectivity index (χ4v) is 4.50. The lowest BCUT2D eigenvalue weighted by atomic mass is 10.1. The molecule has 8 heteroatoms. The lowest BCUT2D eigenvalue weighted by Gasteiger charge is -2.31. The quantitative estimate of drug-likeness (QED) is 0.416. The monoisotopic (exact) mass is 498 g/mol. The van der Waals surface area contributed by atoms with E-state index in [1.807, 2.05) is 32.9 Å². The summed E-state index contributed by atoms with van der Waals surface area (Å²) in [4.78, 5) is 27.6. The van der Waals surface area contributed by atoms with Gasteiger partial charge >= 0.3 is 0 Å². The molecule has 2 aromatic carbocycles. The van der Waals surface area contributed by atoms with Crippen LogP contribution >= 0.6 is 35.0 Å². The summed E-state index contributed by atoms with van der Waals surface area (Å²) in [5.74, 6) is -0.0864. The Morgan fingerprint density at radius 3 is 2.41 bits per heavy atom. The van der Waals surface area contributed by atoms with Crippen LogP contribution in [0.15, 0.2) is 42.5 Å². The van der Waals surface area contributed by atoms with E-state index in [2.05, 4.69) is 5.32 Å². The maximum absolute atomic E-state index is 14.0. The lowest BCUT2D eigenvalue weighted by molar-refractivity contribution is -0.139. The molecule has 0 aliphatic heterocycles. The van der Waals surface area contributed by atoms with Crippen LogP contribution in [0.5, 0.6) is 0 Å². The Hall–Kier alpha value is -1.76. The molecule has 0 saturated heterocycles. The highest BCUT2D eigenvalue weighted by Gasteiger charge is 2.28. The average Bonchev–Trinajstić information content (AvgIpc) is 2.75. The number of carbonyl (C=O) groups is 2. The molecule has 0 bridgehead atoms. The van der Waals surface area contributed by atoms with Crippen molar-refractivity contribution in [3.8, 4) is 0 Å². The molecule has 2 rings (SSSR count). The van der Waals surface area contributed by atoms with E-state index in [9.17, 15) is 14.0 Å². The molecule has 1 atom stereocenters. The first-order chi connectivity index (χ1) is 15.2. The Kier molecular flexibility index (Phi) is 10.8. The van der Waals surface area contributed by atoms with Gasteiger partial charge in [0, 0.05) is 34.5 Å². The molecule has 0 spiro atoms. The molecule has 0 aliphatic rings. The van der Waals surface area contributed by atoms with Gasteiger partial charge in [0.05, 0.1) is 5.75 Å². The summed E-state index contributed by atoms with van der Waals surface area (Å²) in [6.07, 6.45) is 0.479. The number of thioether (sulfide) groups is 1. The number of benzene rings is 2. The van der Waals surface area contributed by atoms with Gasteiger partial charge in [-0.15, -0.1) is 11.8 Å². The molecule has 0 unspecified atom stereocenters. The van der Waals surface area contributed by atoms with E-state index in [1.165, 1.54) is 17.8 Å². The second-order valence-corrected chi connectivity index (χ2v) is 9.73. The zero-order valence-corrected chi connectivity index (χ0v) is 20.9. The van der Waals surface area contributed by atoms with Crippen LogP contribution in [0, 0.1) is 11.7 Å². The molecule has 0 aliphatic carbocycles. The number of nitrogens with zero attached hydrogens (tertiary/aromatic N) is 1. The van der Waals surface area contributed by atoms with Crippen LogP contribution in [-0.4, -0.2) is 35.1 Å². The molecule has 1 N–H and O–H groups in total. The van der Waals surface area contributed by atoms with Crippen molar-refractivity contribution < 1.29 is 14.0 Å². The highest BCUT2D eigenvalue weighted by Crippen LogP contribution is 2.25. The van der Waals surface area contributed by atoms with Crippen molar-refractivity contribution in [1.82, 2.24) is 10.2 Å². The van der Waals surface area contributed by atoms with Crippen LogP contribution in [0.4, 0.5) is 4.39 Å². The van der Waals surface area contributed by atoms with Crippen LogP contribution in [0.1, 0.15) is 38.3 Å². The molecule has 32 heavy (non-hydrogen) atoms. The number of carbonyl (C=O) groups excluding carboxylic acids is 2. The van der Waals surface area contributed by atoms with Gasteiger partial charge in [0.15, 0.2) is 0 Å². The molecule has 174 valence electrons. The predicted octanol–water partition coefficient (Wildman–Crippen LogP) is 5.95. The van der Waals surface area contributed by atoms with Gasteiger partial charge in [-0.1, -0.05) is 62.2 Å². The number of hydrogen-bond donors (Lipinski definition) is 1. The predicted molar refractivity (Wildman–Crippen MR) is 132 cm³/mol. The van der Waals surface area contributed by atoms with Crippen molar-refractivity contribution >= 4 is 46.8 Å². The number of rotatable bonds is 11. The summed E-state index contributed by atoms with van der Waals surface area (Å²) < 4.78 is 14.0. The van der Waals surface area contributed by atoms with E-state index in [0.717, 1.165) is 5.56 Å². The second kappa shape index (κ2) is 13.1. The Labute approximate surface area is 203 Å². The highest BCUT2D eigenvalue weighted by atomic mass is 35.5. The Morgan fingerprint density at radius 1 is 1.12 bits per heavy atom. The van der Waals surface area contributed by atoms with Crippen molar-refractivity contribution in [3.05, 3.63) is 69.5 Å². The molecule has 2 aromatic rings. The van der Waals surface area contributed by atoms with Crippen LogP contribution in [0.2, 0.25) is 10.0 Å².